The predicted molar refractivity (Wildman–Crippen MR) is 137 cm³/mol. The van der Waals surface area contributed by atoms with Crippen molar-refractivity contribution in [3.63, 3.8) is 0 Å². The molecule has 3 aromatic rings. The third-order valence-electron chi connectivity index (χ3n) is 4.96. The van der Waals surface area contributed by atoms with Crippen LogP contribution in [0.4, 0.5) is 16.2 Å². The Labute approximate surface area is 200 Å². The first-order valence-electron chi connectivity index (χ1n) is 10.7. The Morgan fingerprint density at radius 1 is 1.00 bits per heavy atom. The van der Waals surface area contributed by atoms with Crippen LogP contribution in [0.3, 0.4) is 0 Å². The van der Waals surface area contributed by atoms with Crippen LogP contribution in [0, 0.1) is 11.3 Å². The van der Waals surface area contributed by atoms with Gasteiger partial charge in [0, 0.05) is 29.6 Å². The van der Waals surface area contributed by atoms with Crippen LogP contribution < -0.4 is 16.5 Å². The van der Waals surface area contributed by atoms with E-state index in [4.69, 9.17) is 11.1 Å². The number of rotatable bonds is 8. The van der Waals surface area contributed by atoms with E-state index < -0.39 is 9.84 Å². The summed E-state index contributed by atoms with van der Waals surface area (Å²) in [6.07, 6.45) is 1.18. The average Bonchev–Trinajstić information content (AvgIpc) is 2.78. The Morgan fingerprint density at radius 2 is 1.68 bits per heavy atom. The number of hydrogen-bond donors (Lipinski definition) is 4. The maximum absolute atomic E-state index is 13.0. The fraction of sp³-hybridized carbons (Fsp3) is 0.200. The van der Waals surface area contributed by atoms with Gasteiger partial charge in [0.25, 0.3) is 0 Å². The van der Waals surface area contributed by atoms with Crippen LogP contribution >= 0.6 is 0 Å². The zero-order chi connectivity index (χ0) is 24.9. The number of carbonyl (C=O) groups is 1. The topological polar surface area (TPSA) is 128 Å². The van der Waals surface area contributed by atoms with Gasteiger partial charge in [-0.1, -0.05) is 56.3 Å². The number of urea groups is 1. The molecule has 0 saturated carbocycles. The SMILES string of the molecule is CC(C)CN(Nc1cccc(C(=N)N)c1)C(=O)Nc1ccc(-c2ccccc2S(C)(=O)=O)cc1. The summed E-state index contributed by atoms with van der Waals surface area (Å²) in [5, 5.41) is 11.9. The molecule has 0 aliphatic heterocycles. The van der Waals surface area contributed by atoms with Crippen molar-refractivity contribution in [1.29, 1.82) is 5.41 Å². The summed E-state index contributed by atoms with van der Waals surface area (Å²) in [5.41, 5.74) is 11.8. The first-order valence-corrected chi connectivity index (χ1v) is 12.6. The van der Waals surface area contributed by atoms with E-state index >= 15 is 0 Å². The summed E-state index contributed by atoms with van der Waals surface area (Å²) in [6, 6.07) is 20.5. The summed E-state index contributed by atoms with van der Waals surface area (Å²) < 4.78 is 24.2. The second-order valence-corrected chi connectivity index (χ2v) is 10.4. The minimum Gasteiger partial charge on any atom is -0.384 e. The molecule has 34 heavy (non-hydrogen) atoms. The molecular formula is C25H29N5O3S. The smallest absolute Gasteiger partial charge is 0.340 e. The van der Waals surface area contributed by atoms with E-state index in [9.17, 15) is 13.2 Å². The highest BCUT2D eigenvalue weighted by Gasteiger charge is 2.17. The third kappa shape index (κ3) is 6.35. The molecule has 0 fully saturated rings. The molecule has 0 bridgehead atoms. The molecule has 178 valence electrons. The van der Waals surface area contributed by atoms with Gasteiger partial charge in [0.15, 0.2) is 9.84 Å². The number of nitrogen functional groups attached to an aromatic ring is 1. The van der Waals surface area contributed by atoms with Crippen LogP contribution in [0.5, 0.6) is 0 Å². The van der Waals surface area contributed by atoms with E-state index in [0.717, 1.165) is 5.56 Å². The molecular weight excluding hydrogens is 450 g/mol. The number of benzene rings is 3. The van der Waals surface area contributed by atoms with E-state index in [2.05, 4.69) is 10.7 Å². The first-order chi connectivity index (χ1) is 16.0. The molecule has 3 aromatic carbocycles. The van der Waals surface area contributed by atoms with Crippen molar-refractivity contribution in [2.75, 3.05) is 23.5 Å². The van der Waals surface area contributed by atoms with Crippen LogP contribution in [0.15, 0.2) is 77.7 Å². The van der Waals surface area contributed by atoms with Gasteiger partial charge in [-0.25, -0.2) is 18.2 Å². The van der Waals surface area contributed by atoms with Crippen LogP contribution in [-0.2, 0) is 9.84 Å². The summed E-state index contributed by atoms with van der Waals surface area (Å²) in [7, 11) is -3.38. The summed E-state index contributed by atoms with van der Waals surface area (Å²) in [4.78, 5) is 13.3. The number of nitrogens with zero attached hydrogens (tertiary/aromatic N) is 1. The van der Waals surface area contributed by atoms with Crippen LogP contribution in [0.2, 0.25) is 0 Å². The van der Waals surface area contributed by atoms with E-state index in [1.54, 1.807) is 72.8 Å². The standard InChI is InChI=1S/C25H29N5O3S/c1-17(2)16-30(29-21-8-6-7-19(15-21)24(26)27)25(31)28-20-13-11-18(12-14-20)22-9-4-5-10-23(22)34(3,32)33/h4-15,17,29H,16H2,1-3H3,(H3,26,27)(H,28,31). The minimum absolute atomic E-state index is 0.0546. The fourth-order valence-electron chi connectivity index (χ4n) is 3.41. The Balaban J connectivity index is 1.79. The highest BCUT2D eigenvalue weighted by atomic mass is 32.2. The Bertz CT molecular complexity index is 1290. The number of carbonyl (C=O) groups excluding carboxylic acids is 1. The van der Waals surface area contributed by atoms with E-state index in [-0.39, 0.29) is 22.7 Å². The first kappa shape index (κ1) is 24.8. The van der Waals surface area contributed by atoms with Gasteiger partial charge in [-0.2, -0.15) is 0 Å². The van der Waals surface area contributed by atoms with Crippen molar-refractivity contribution in [1.82, 2.24) is 5.01 Å². The molecule has 3 rings (SSSR count). The number of nitrogens with two attached hydrogens (primary N) is 1. The molecule has 0 aromatic heterocycles. The lowest BCUT2D eigenvalue weighted by Crippen LogP contribution is -2.41. The van der Waals surface area contributed by atoms with Crippen molar-refractivity contribution in [3.8, 4) is 11.1 Å². The predicted octanol–water partition coefficient (Wildman–Crippen LogP) is 4.56. The molecule has 0 saturated heterocycles. The third-order valence-corrected chi connectivity index (χ3v) is 6.12. The molecule has 5 N–H and O–H groups in total. The molecule has 0 heterocycles. The van der Waals surface area contributed by atoms with Gasteiger partial charge < -0.3 is 11.1 Å². The lowest BCUT2D eigenvalue weighted by Gasteiger charge is -2.26. The normalized spacial score (nSPS) is 11.2. The van der Waals surface area contributed by atoms with Gasteiger partial charge in [0.2, 0.25) is 0 Å². The molecule has 2 amide bonds. The summed E-state index contributed by atoms with van der Waals surface area (Å²) in [5.74, 6) is 0.144. The number of hydrogen-bond acceptors (Lipinski definition) is 5. The number of amidine groups is 1. The Hall–Kier alpha value is -3.85. The van der Waals surface area contributed by atoms with Crippen molar-refractivity contribution in [2.24, 2.45) is 11.7 Å². The van der Waals surface area contributed by atoms with Gasteiger partial charge in [-0.3, -0.25) is 10.8 Å². The van der Waals surface area contributed by atoms with Gasteiger partial charge in [0.05, 0.1) is 10.6 Å². The number of anilines is 2. The number of amides is 2. The molecule has 0 unspecified atom stereocenters. The van der Waals surface area contributed by atoms with Crippen LogP contribution in [-0.4, -0.2) is 38.1 Å². The van der Waals surface area contributed by atoms with Crippen molar-refractivity contribution in [2.45, 2.75) is 18.7 Å². The molecule has 0 aliphatic carbocycles. The second-order valence-electron chi connectivity index (χ2n) is 8.39. The van der Waals surface area contributed by atoms with Gasteiger partial charge in [0.1, 0.15) is 5.84 Å². The monoisotopic (exact) mass is 479 g/mol. The lowest BCUT2D eigenvalue weighted by molar-refractivity contribution is 0.216. The zero-order valence-corrected chi connectivity index (χ0v) is 20.2. The molecule has 8 nitrogen and oxygen atoms in total. The highest BCUT2D eigenvalue weighted by molar-refractivity contribution is 7.90. The summed E-state index contributed by atoms with van der Waals surface area (Å²) >= 11 is 0. The van der Waals surface area contributed by atoms with Crippen molar-refractivity contribution >= 4 is 33.1 Å². The number of hydrazine groups is 1. The molecule has 0 atom stereocenters. The maximum atomic E-state index is 13.0. The Morgan fingerprint density at radius 3 is 2.29 bits per heavy atom. The second kappa shape index (κ2) is 10.4. The van der Waals surface area contributed by atoms with Crippen LogP contribution in [0.25, 0.3) is 11.1 Å². The molecule has 0 radical (unpaired) electrons. The van der Waals surface area contributed by atoms with Crippen molar-refractivity contribution in [3.05, 3.63) is 78.4 Å². The summed E-state index contributed by atoms with van der Waals surface area (Å²) in [6.45, 7) is 4.44. The van der Waals surface area contributed by atoms with Gasteiger partial charge >= 0.3 is 6.03 Å². The Kier molecular flexibility index (Phi) is 7.57. The van der Waals surface area contributed by atoms with Gasteiger partial charge in [-0.15, -0.1) is 0 Å². The zero-order valence-electron chi connectivity index (χ0n) is 19.4. The molecule has 9 heteroatoms. The fourth-order valence-corrected chi connectivity index (χ4v) is 4.32. The van der Waals surface area contributed by atoms with E-state index in [1.807, 2.05) is 13.8 Å². The van der Waals surface area contributed by atoms with Crippen LogP contribution in [0.1, 0.15) is 19.4 Å². The van der Waals surface area contributed by atoms with Gasteiger partial charge in [-0.05, 0) is 41.8 Å². The maximum Gasteiger partial charge on any atom is 0.340 e. The minimum atomic E-state index is -3.38. The van der Waals surface area contributed by atoms with E-state index in [1.165, 1.54) is 11.3 Å². The highest BCUT2D eigenvalue weighted by Crippen LogP contribution is 2.28. The average molecular weight is 480 g/mol. The number of sulfone groups is 1. The quantitative estimate of drug-likeness (QED) is 0.214. The van der Waals surface area contributed by atoms with E-state index in [0.29, 0.717) is 29.0 Å². The number of nitrogens with one attached hydrogen (secondary N) is 3. The molecule has 0 aliphatic rings. The molecule has 0 spiro atoms. The lowest BCUT2D eigenvalue weighted by atomic mass is 10.1. The van der Waals surface area contributed by atoms with Crippen molar-refractivity contribution < 1.29 is 13.2 Å². The largest absolute Gasteiger partial charge is 0.384 e.